The Morgan fingerprint density at radius 1 is 1.00 bits per heavy atom. The summed E-state index contributed by atoms with van der Waals surface area (Å²) in [5, 5.41) is 0.623. The van der Waals surface area contributed by atoms with E-state index >= 15 is 0 Å². The van der Waals surface area contributed by atoms with Gasteiger partial charge in [0.2, 0.25) is 0 Å². The van der Waals surface area contributed by atoms with Crippen molar-refractivity contribution >= 4 is 11.6 Å². The number of aryl methyl sites for hydroxylation is 3. The van der Waals surface area contributed by atoms with Gasteiger partial charge in [-0.3, -0.25) is 0 Å². The highest BCUT2D eigenvalue weighted by atomic mass is 35.5. The Balaban J connectivity index is 2.06. The van der Waals surface area contributed by atoms with Gasteiger partial charge in [0.15, 0.2) is 0 Å². The first kappa shape index (κ1) is 14.9. The molecule has 0 amide bonds. The summed E-state index contributed by atoms with van der Waals surface area (Å²) >= 11 is 6.14. The van der Waals surface area contributed by atoms with Crippen molar-refractivity contribution in [3.8, 4) is 5.75 Å². The summed E-state index contributed by atoms with van der Waals surface area (Å²) in [6.45, 7) is 6.55. The average Bonchev–Trinajstić information content (AvgIpc) is 2.36. The molecule has 0 bridgehead atoms. The molecule has 0 heterocycles. The fourth-order valence-electron chi connectivity index (χ4n) is 2.22. The first-order valence-corrected chi connectivity index (χ1v) is 7.06. The summed E-state index contributed by atoms with van der Waals surface area (Å²) in [5.41, 5.74) is 10.8. The molecule has 1 unspecified atom stereocenters. The molecule has 0 saturated heterocycles. The zero-order valence-electron chi connectivity index (χ0n) is 12.1. The summed E-state index contributed by atoms with van der Waals surface area (Å²) in [6.07, 6.45) is 0. The van der Waals surface area contributed by atoms with Crippen molar-refractivity contribution in [3.63, 3.8) is 0 Å². The molecule has 2 nitrogen and oxygen atoms in total. The zero-order valence-corrected chi connectivity index (χ0v) is 12.9. The van der Waals surface area contributed by atoms with E-state index in [9.17, 15) is 0 Å². The first-order chi connectivity index (χ1) is 9.45. The van der Waals surface area contributed by atoms with E-state index in [1.54, 1.807) is 0 Å². The van der Waals surface area contributed by atoms with Crippen LogP contribution in [0.15, 0.2) is 36.4 Å². The van der Waals surface area contributed by atoms with Crippen LogP contribution in [0.25, 0.3) is 0 Å². The monoisotopic (exact) mass is 289 g/mol. The van der Waals surface area contributed by atoms with Crippen molar-refractivity contribution in [2.45, 2.75) is 26.8 Å². The second kappa shape index (κ2) is 6.29. The molecule has 0 spiro atoms. The Morgan fingerprint density at radius 2 is 1.65 bits per heavy atom. The van der Waals surface area contributed by atoms with Gasteiger partial charge in [0, 0.05) is 0 Å². The van der Waals surface area contributed by atoms with E-state index in [4.69, 9.17) is 22.1 Å². The van der Waals surface area contributed by atoms with E-state index in [1.165, 1.54) is 11.1 Å². The Kier molecular flexibility index (Phi) is 4.69. The maximum absolute atomic E-state index is 6.19. The van der Waals surface area contributed by atoms with Crippen molar-refractivity contribution in [3.05, 3.63) is 63.7 Å². The molecule has 3 heteroatoms. The number of nitrogens with two attached hydrogens (primary N) is 1. The number of hydrogen-bond acceptors (Lipinski definition) is 2. The van der Waals surface area contributed by atoms with Crippen molar-refractivity contribution < 1.29 is 4.74 Å². The van der Waals surface area contributed by atoms with Crippen molar-refractivity contribution in [2.75, 3.05) is 6.61 Å². The van der Waals surface area contributed by atoms with Gasteiger partial charge >= 0.3 is 0 Å². The minimum absolute atomic E-state index is 0.161. The van der Waals surface area contributed by atoms with Gasteiger partial charge < -0.3 is 10.5 Å². The Labute approximate surface area is 125 Å². The van der Waals surface area contributed by atoms with Gasteiger partial charge in [-0.15, -0.1) is 0 Å². The molecule has 0 aromatic heterocycles. The summed E-state index contributed by atoms with van der Waals surface area (Å²) in [4.78, 5) is 0. The van der Waals surface area contributed by atoms with Crippen LogP contribution < -0.4 is 10.5 Å². The molecule has 2 aromatic rings. The molecule has 0 aliphatic heterocycles. The molecule has 2 rings (SSSR count). The van der Waals surface area contributed by atoms with Crippen LogP contribution in [0.5, 0.6) is 5.75 Å². The van der Waals surface area contributed by atoms with Crippen LogP contribution in [0.3, 0.4) is 0 Å². The maximum atomic E-state index is 6.19. The number of benzene rings is 2. The molecule has 20 heavy (non-hydrogen) atoms. The highest BCUT2D eigenvalue weighted by Crippen LogP contribution is 2.26. The fraction of sp³-hybridized carbons (Fsp3) is 0.294. The number of ether oxygens (including phenoxy) is 1. The predicted octanol–water partition coefficient (Wildman–Crippen LogP) is 4.34. The standard InChI is InChI=1S/C17H20ClNO/c1-11-4-5-17(15(18)9-11)20-10-16(19)14-7-12(2)6-13(3)8-14/h4-9,16H,10,19H2,1-3H3. The number of halogens is 1. The Hall–Kier alpha value is -1.51. The maximum Gasteiger partial charge on any atom is 0.138 e. The topological polar surface area (TPSA) is 35.2 Å². The summed E-state index contributed by atoms with van der Waals surface area (Å²) in [7, 11) is 0. The lowest BCUT2D eigenvalue weighted by molar-refractivity contribution is 0.291. The second-order valence-electron chi connectivity index (χ2n) is 5.27. The van der Waals surface area contributed by atoms with Crippen LogP contribution in [0, 0.1) is 20.8 Å². The highest BCUT2D eigenvalue weighted by molar-refractivity contribution is 6.32. The second-order valence-corrected chi connectivity index (χ2v) is 5.68. The van der Waals surface area contributed by atoms with Crippen LogP contribution in [0.2, 0.25) is 5.02 Å². The molecule has 1 atom stereocenters. The van der Waals surface area contributed by atoms with Crippen LogP contribution in [0.1, 0.15) is 28.3 Å². The lowest BCUT2D eigenvalue weighted by atomic mass is 10.0. The third-order valence-corrected chi connectivity index (χ3v) is 3.47. The molecule has 2 N–H and O–H groups in total. The lowest BCUT2D eigenvalue weighted by Gasteiger charge is -2.16. The largest absolute Gasteiger partial charge is 0.490 e. The average molecular weight is 290 g/mol. The van der Waals surface area contributed by atoms with Gasteiger partial charge in [0.1, 0.15) is 12.4 Å². The third-order valence-electron chi connectivity index (χ3n) is 3.18. The predicted molar refractivity (Wildman–Crippen MR) is 84.5 cm³/mol. The fourth-order valence-corrected chi connectivity index (χ4v) is 2.51. The molecule has 106 valence electrons. The number of hydrogen-bond donors (Lipinski definition) is 1. The zero-order chi connectivity index (χ0) is 14.7. The van der Waals surface area contributed by atoms with Gasteiger partial charge in [0.25, 0.3) is 0 Å². The molecular weight excluding hydrogens is 270 g/mol. The molecule has 0 fully saturated rings. The normalized spacial score (nSPS) is 12.2. The summed E-state index contributed by atoms with van der Waals surface area (Å²) in [5.74, 6) is 0.678. The lowest BCUT2D eigenvalue weighted by Crippen LogP contribution is -2.19. The molecular formula is C17H20ClNO. The van der Waals surface area contributed by atoms with Crippen molar-refractivity contribution in [2.24, 2.45) is 5.73 Å². The third kappa shape index (κ3) is 3.75. The van der Waals surface area contributed by atoms with Crippen molar-refractivity contribution in [1.82, 2.24) is 0 Å². The van der Waals surface area contributed by atoms with Gasteiger partial charge in [-0.2, -0.15) is 0 Å². The minimum atomic E-state index is -0.161. The van der Waals surface area contributed by atoms with E-state index in [0.29, 0.717) is 17.4 Å². The van der Waals surface area contributed by atoms with Gasteiger partial charge in [-0.25, -0.2) is 0 Å². The van der Waals surface area contributed by atoms with E-state index in [0.717, 1.165) is 11.1 Å². The molecule has 0 aliphatic rings. The van der Waals surface area contributed by atoms with Gasteiger partial charge in [-0.1, -0.05) is 47.0 Å². The van der Waals surface area contributed by atoms with Crippen LogP contribution in [0.4, 0.5) is 0 Å². The first-order valence-electron chi connectivity index (χ1n) is 6.68. The molecule has 2 aromatic carbocycles. The van der Waals surface area contributed by atoms with Gasteiger partial charge in [0.05, 0.1) is 11.1 Å². The Bertz CT molecular complexity index is 590. The minimum Gasteiger partial charge on any atom is -0.490 e. The van der Waals surface area contributed by atoms with Crippen LogP contribution in [-0.4, -0.2) is 6.61 Å². The molecule has 0 aliphatic carbocycles. The van der Waals surface area contributed by atoms with Crippen molar-refractivity contribution in [1.29, 1.82) is 0 Å². The molecule has 0 saturated carbocycles. The number of rotatable bonds is 4. The smallest absolute Gasteiger partial charge is 0.138 e. The SMILES string of the molecule is Cc1cc(C)cc(C(N)COc2ccc(C)cc2Cl)c1. The summed E-state index contributed by atoms with van der Waals surface area (Å²) in [6, 6.07) is 11.9. The van der Waals surface area contributed by atoms with E-state index < -0.39 is 0 Å². The van der Waals surface area contributed by atoms with E-state index in [-0.39, 0.29) is 6.04 Å². The molecule has 0 radical (unpaired) electrons. The van der Waals surface area contributed by atoms with Crippen LogP contribution >= 0.6 is 11.6 Å². The highest BCUT2D eigenvalue weighted by Gasteiger charge is 2.09. The quantitative estimate of drug-likeness (QED) is 0.908. The van der Waals surface area contributed by atoms with E-state index in [2.05, 4.69) is 32.0 Å². The van der Waals surface area contributed by atoms with Gasteiger partial charge in [-0.05, 0) is 44.0 Å². The van der Waals surface area contributed by atoms with Crippen LogP contribution in [-0.2, 0) is 0 Å². The van der Waals surface area contributed by atoms with E-state index in [1.807, 2.05) is 25.1 Å². The summed E-state index contributed by atoms with van der Waals surface area (Å²) < 4.78 is 5.73. The Morgan fingerprint density at radius 3 is 2.25 bits per heavy atom.